The van der Waals surface area contributed by atoms with Crippen LogP contribution in [0.3, 0.4) is 0 Å². The number of sulfonamides is 1. The molecule has 2 heterocycles. The van der Waals surface area contributed by atoms with E-state index in [2.05, 4.69) is 4.98 Å². The van der Waals surface area contributed by atoms with Gasteiger partial charge >= 0.3 is 0 Å². The fourth-order valence-electron chi connectivity index (χ4n) is 4.29. The van der Waals surface area contributed by atoms with Gasteiger partial charge in [0.15, 0.2) is 11.5 Å². The molecule has 1 aromatic heterocycles. The minimum atomic E-state index is -3.45. The summed E-state index contributed by atoms with van der Waals surface area (Å²) in [5.74, 6) is 0.796. The third-order valence-electron chi connectivity index (χ3n) is 5.88. The van der Waals surface area contributed by atoms with Gasteiger partial charge in [0.1, 0.15) is 5.52 Å². The number of aromatic nitrogens is 1. The van der Waals surface area contributed by atoms with Gasteiger partial charge in [-0.2, -0.15) is 4.31 Å². The molecule has 0 saturated carbocycles. The van der Waals surface area contributed by atoms with Gasteiger partial charge in [-0.3, -0.25) is 0 Å². The van der Waals surface area contributed by atoms with E-state index in [0.29, 0.717) is 47.3 Å². The predicted octanol–water partition coefficient (Wildman–Crippen LogP) is 4.54. The van der Waals surface area contributed by atoms with Gasteiger partial charge in [-0.1, -0.05) is 17.7 Å². The highest BCUT2D eigenvalue weighted by Crippen LogP contribution is 2.33. The lowest BCUT2D eigenvalue weighted by atomic mass is 9.98. The lowest BCUT2D eigenvalue weighted by molar-refractivity contribution is 0.293. The molecule has 5 rings (SSSR count). The van der Waals surface area contributed by atoms with Crippen molar-refractivity contribution in [1.29, 1.82) is 0 Å². The molecule has 3 aromatic rings. The third kappa shape index (κ3) is 3.13. The highest BCUT2D eigenvalue weighted by Gasteiger charge is 2.32. The van der Waals surface area contributed by atoms with Gasteiger partial charge in [0.2, 0.25) is 10.0 Å². The molecule has 0 radical (unpaired) electrons. The van der Waals surface area contributed by atoms with E-state index in [1.54, 1.807) is 22.5 Å². The minimum absolute atomic E-state index is 0.123. The Morgan fingerprint density at radius 1 is 1.04 bits per heavy atom. The van der Waals surface area contributed by atoms with E-state index in [-0.39, 0.29) is 5.92 Å². The number of halogens is 1. The number of oxazole rings is 1. The summed E-state index contributed by atoms with van der Waals surface area (Å²) in [4.78, 5) is 4.98. The Bertz CT molecular complexity index is 1150. The van der Waals surface area contributed by atoms with Crippen LogP contribution < -0.4 is 0 Å². The summed E-state index contributed by atoms with van der Waals surface area (Å²) in [6.45, 7) is 0.952. The Morgan fingerprint density at radius 2 is 1.82 bits per heavy atom. The summed E-state index contributed by atoms with van der Waals surface area (Å²) in [7, 11) is -3.45. The Morgan fingerprint density at radius 3 is 2.64 bits per heavy atom. The van der Waals surface area contributed by atoms with Crippen LogP contribution in [0.25, 0.3) is 11.1 Å². The molecule has 1 aliphatic heterocycles. The topological polar surface area (TPSA) is 63.4 Å². The summed E-state index contributed by atoms with van der Waals surface area (Å²) < 4.78 is 33.6. The summed E-state index contributed by atoms with van der Waals surface area (Å²) in [5.41, 5.74) is 3.93. The zero-order chi connectivity index (χ0) is 19.3. The molecule has 0 amide bonds. The van der Waals surface area contributed by atoms with Crippen molar-refractivity contribution in [3.05, 3.63) is 58.4 Å². The maximum atomic E-state index is 13.1. The van der Waals surface area contributed by atoms with Gasteiger partial charge in [-0.15, -0.1) is 0 Å². The zero-order valence-corrected chi connectivity index (χ0v) is 17.0. The molecule has 28 heavy (non-hydrogen) atoms. The first-order chi connectivity index (χ1) is 13.5. The number of hydrogen-bond acceptors (Lipinski definition) is 4. The van der Waals surface area contributed by atoms with Gasteiger partial charge in [0.25, 0.3) is 0 Å². The van der Waals surface area contributed by atoms with Gasteiger partial charge in [-0.25, -0.2) is 13.4 Å². The monoisotopic (exact) mass is 416 g/mol. The summed E-state index contributed by atoms with van der Waals surface area (Å²) in [6.07, 6.45) is 4.54. The highest BCUT2D eigenvalue weighted by atomic mass is 35.5. The normalized spacial score (nSPS) is 18.6. The van der Waals surface area contributed by atoms with Crippen molar-refractivity contribution < 1.29 is 12.8 Å². The largest absolute Gasteiger partial charge is 0.440 e. The highest BCUT2D eigenvalue weighted by molar-refractivity contribution is 7.89. The molecular formula is C21H21ClN2O3S. The van der Waals surface area contributed by atoms with Crippen molar-refractivity contribution in [1.82, 2.24) is 9.29 Å². The van der Waals surface area contributed by atoms with Gasteiger partial charge in [-0.05, 0) is 73.6 Å². The van der Waals surface area contributed by atoms with Crippen LogP contribution in [-0.4, -0.2) is 30.8 Å². The molecular weight excluding hydrogens is 396 g/mol. The fourth-order valence-corrected chi connectivity index (χ4v) is 5.98. The zero-order valence-electron chi connectivity index (χ0n) is 15.4. The van der Waals surface area contributed by atoms with Crippen molar-refractivity contribution in [2.24, 2.45) is 0 Å². The third-order valence-corrected chi connectivity index (χ3v) is 8.01. The van der Waals surface area contributed by atoms with Gasteiger partial charge < -0.3 is 4.42 Å². The van der Waals surface area contributed by atoms with Crippen LogP contribution in [0.1, 0.15) is 42.2 Å². The number of piperidine rings is 1. The molecule has 0 unspecified atom stereocenters. The summed E-state index contributed by atoms with van der Waals surface area (Å²) >= 11 is 6.02. The molecule has 1 saturated heterocycles. The molecule has 2 aromatic carbocycles. The van der Waals surface area contributed by atoms with Crippen LogP contribution in [0.4, 0.5) is 0 Å². The van der Waals surface area contributed by atoms with Crippen molar-refractivity contribution in [3.63, 3.8) is 0 Å². The minimum Gasteiger partial charge on any atom is -0.440 e. The molecule has 5 nitrogen and oxygen atoms in total. The number of fused-ring (bicyclic) bond motifs is 2. The van der Waals surface area contributed by atoms with Crippen LogP contribution >= 0.6 is 11.6 Å². The molecule has 1 fully saturated rings. The number of nitrogens with zero attached hydrogens (tertiary/aromatic N) is 2. The van der Waals surface area contributed by atoms with E-state index in [1.165, 1.54) is 11.1 Å². The molecule has 0 bridgehead atoms. The predicted molar refractivity (Wildman–Crippen MR) is 108 cm³/mol. The molecule has 146 valence electrons. The first-order valence-corrected chi connectivity index (χ1v) is 11.5. The Balaban J connectivity index is 1.33. The SMILES string of the molecule is O=S(=O)(c1ccc2c(c1)CCC2)N1CCC(c2nc3cc(Cl)ccc3o2)CC1. The number of hydrogen-bond donors (Lipinski definition) is 0. The molecule has 0 N–H and O–H groups in total. The second kappa shape index (κ2) is 6.87. The summed E-state index contributed by atoms with van der Waals surface area (Å²) in [5, 5.41) is 0.627. The number of benzene rings is 2. The standard InChI is InChI=1S/C21H21ClN2O3S/c22-17-5-7-20-19(13-17)23-21(27-20)15-8-10-24(11-9-15)28(25,26)18-6-4-14-2-1-3-16(14)12-18/h4-7,12-13,15H,1-3,8-11H2. The quantitative estimate of drug-likeness (QED) is 0.628. The fraction of sp³-hybridized carbons (Fsp3) is 0.381. The average molecular weight is 417 g/mol. The average Bonchev–Trinajstić information content (AvgIpc) is 3.33. The maximum Gasteiger partial charge on any atom is 0.243 e. The summed E-state index contributed by atoms with van der Waals surface area (Å²) in [6, 6.07) is 11.0. The van der Waals surface area contributed by atoms with Crippen molar-refractivity contribution >= 4 is 32.7 Å². The second-order valence-electron chi connectivity index (χ2n) is 7.63. The van der Waals surface area contributed by atoms with Crippen molar-refractivity contribution in [3.8, 4) is 0 Å². The van der Waals surface area contributed by atoms with E-state index in [0.717, 1.165) is 24.8 Å². The molecule has 0 spiro atoms. The van der Waals surface area contributed by atoms with Crippen LogP contribution in [0.15, 0.2) is 45.7 Å². The van der Waals surface area contributed by atoms with Crippen molar-refractivity contribution in [2.75, 3.05) is 13.1 Å². The number of aryl methyl sites for hydroxylation is 2. The van der Waals surface area contributed by atoms with E-state index in [1.807, 2.05) is 18.2 Å². The second-order valence-corrected chi connectivity index (χ2v) is 10.0. The molecule has 1 aliphatic carbocycles. The van der Waals surface area contributed by atoms with E-state index < -0.39 is 10.0 Å². The lowest BCUT2D eigenvalue weighted by Gasteiger charge is -2.30. The van der Waals surface area contributed by atoms with Gasteiger partial charge in [0.05, 0.1) is 4.90 Å². The molecule has 7 heteroatoms. The van der Waals surface area contributed by atoms with Gasteiger partial charge in [0, 0.05) is 24.0 Å². The Hall–Kier alpha value is -1.89. The molecule has 2 aliphatic rings. The Labute approximate surface area is 169 Å². The van der Waals surface area contributed by atoms with Crippen LogP contribution in [-0.2, 0) is 22.9 Å². The smallest absolute Gasteiger partial charge is 0.243 e. The van der Waals surface area contributed by atoms with E-state index in [9.17, 15) is 8.42 Å². The van der Waals surface area contributed by atoms with Crippen LogP contribution in [0, 0.1) is 0 Å². The number of rotatable bonds is 3. The first-order valence-electron chi connectivity index (χ1n) is 9.69. The van der Waals surface area contributed by atoms with Crippen LogP contribution in [0.5, 0.6) is 0 Å². The van der Waals surface area contributed by atoms with E-state index >= 15 is 0 Å². The van der Waals surface area contributed by atoms with Crippen LogP contribution in [0.2, 0.25) is 5.02 Å². The molecule has 0 atom stereocenters. The first kappa shape index (κ1) is 18.2. The van der Waals surface area contributed by atoms with Crippen molar-refractivity contribution in [2.45, 2.75) is 42.9 Å². The Kier molecular flexibility index (Phi) is 4.45. The lowest BCUT2D eigenvalue weighted by Crippen LogP contribution is -2.38. The maximum absolute atomic E-state index is 13.1. The van der Waals surface area contributed by atoms with E-state index in [4.69, 9.17) is 16.0 Å².